The first-order valence-corrected chi connectivity index (χ1v) is 7.98. The van der Waals surface area contributed by atoms with Crippen LogP contribution in [0.1, 0.15) is 31.5 Å². The SMILES string of the molecule is CCCc1noc(CCC(=O)Nc2cc(-c3ccccc3F)no2)n1. The van der Waals surface area contributed by atoms with E-state index in [4.69, 9.17) is 9.05 Å². The van der Waals surface area contributed by atoms with Crippen molar-refractivity contribution in [3.05, 3.63) is 47.9 Å². The number of benzene rings is 1. The number of rotatable bonds is 7. The van der Waals surface area contributed by atoms with E-state index in [-0.39, 0.29) is 18.2 Å². The zero-order chi connectivity index (χ0) is 17.6. The van der Waals surface area contributed by atoms with E-state index < -0.39 is 5.82 Å². The van der Waals surface area contributed by atoms with Crippen LogP contribution in [0.15, 0.2) is 39.4 Å². The van der Waals surface area contributed by atoms with Gasteiger partial charge in [-0.25, -0.2) is 4.39 Å². The predicted octanol–water partition coefficient (Wildman–Crippen LogP) is 3.39. The lowest BCUT2D eigenvalue weighted by atomic mass is 10.1. The Morgan fingerprint density at radius 2 is 2.04 bits per heavy atom. The van der Waals surface area contributed by atoms with Gasteiger partial charge in [0.15, 0.2) is 5.82 Å². The largest absolute Gasteiger partial charge is 0.339 e. The van der Waals surface area contributed by atoms with Crippen LogP contribution in [-0.2, 0) is 17.6 Å². The summed E-state index contributed by atoms with van der Waals surface area (Å²) in [5, 5.41) is 10.2. The lowest BCUT2D eigenvalue weighted by Gasteiger charge is -1.98. The first-order valence-electron chi connectivity index (χ1n) is 7.98. The highest BCUT2D eigenvalue weighted by Crippen LogP contribution is 2.24. The molecule has 2 aromatic heterocycles. The van der Waals surface area contributed by atoms with Gasteiger partial charge in [0.1, 0.15) is 11.5 Å². The summed E-state index contributed by atoms with van der Waals surface area (Å²) in [5.74, 6) is 0.519. The van der Waals surface area contributed by atoms with Crippen LogP contribution in [0.2, 0.25) is 0 Å². The molecule has 0 radical (unpaired) electrons. The minimum atomic E-state index is -0.409. The molecule has 1 amide bonds. The van der Waals surface area contributed by atoms with E-state index >= 15 is 0 Å². The lowest BCUT2D eigenvalue weighted by molar-refractivity contribution is -0.116. The fourth-order valence-electron chi connectivity index (χ4n) is 2.27. The average Bonchev–Trinajstić information content (AvgIpc) is 3.23. The molecule has 0 aliphatic carbocycles. The molecule has 3 rings (SSSR count). The van der Waals surface area contributed by atoms with E-state index in [1.54, 1.807) is 18.2 Å². The number of nitrogens with zero attached hydrogens (tertiary/aromatic N) is 3. The maximum absolute atomic E-state index is 13.7. The van der Waals surface area contributed by atoms with Gasteiger partial charge >= 0.3 is 0 Å². The van der Waals surface area contributed by atoms with Gasteiger partial charge in [0, 0.05) is 30.9 Å². The summed E-state index contributed by atoms with van der Waals surface area (Å²) in [6, 6.07) is 7.68. The summed E-state index contributed by atoms with van der Waals surface area (Å²) < 4.78 is 23.8. The number of aryl methyl sites for hydroxylation is 2. The van der Waals surface area contributed by atoms with Crippen molar-refractivity contribution >= 4 is 11.8 Å². The van der Waals surface area contributed by atoms with Crippen molar-refractivity contribution < 1.29 is 18.2 Å². The molecule has 1 aromatic carbocycles. The highest BCUT2D eigenvalue weighted by Gasteiger charge is 2.13. The van der Waals surface area contributed by atoms with Crippen LogP contribution in [0.5, 0.6) is 0 Å². The molecule has 0 bridgehead atoms. The van der Waals surface area contributed by atoms with Gasteiger partial charge in [0.25, 0.3) is 0 Å². The first-order chi connectivity index (χ1) is 12.2. The van der Waals surface area contributed by atoms with Crippen LogP contribution in [0.25, 0.3) is 11.3 Å². The molecule has 1 N–H and O–H groups in total. The van der Waals surface area contributed by atoms with E-state index in [9.17, 15) is 9.18 Å². The van der Waals surface area contributed by atoms with Crippen LogP contribution in [0.3, 0.4) is 0 Å². The maximum atomic E-state index is 13.7. The standard InChI is InChI=1S/C17H17FN4O3/c1-2-5-14-19-16(24-22-14)9-8-15(23)20-17-10-13(21-25-17)11-6-3-4-7-12(11)18/h3-4,6-7,10H,2,5,8-9H2,1H3,(H,20,23). The van der Waals surface area contributed by atoms with Crippen LogP contribution in [0, 0.1) is 5.82 Å². The Balaban J connectivity index is 1.55. The topological polar surface area (TPSA) is 94.1 Å². The van der Waals surface area contributed by atoms with E-state index in [0.717, 1.165) is 12.8 Å². The predicted molar refractivity (Wildman–Crippen MR) is 87.1 cm³/mol. The number of aromatic nitrogens is 3. The van der Waals surface area contributed by atoms with Crippen LogP contribution in [-0.4, -0.2) is 21.2 Å². The van der Waals surface area contributed by atoms with Gasteiger partial charge in [-0.15, -0.1) is 0 Å². The second-order valence-corrected chi connectivity index (χ2v) is 5.46. The van der Waals surface area contributed by atoms with Gasteiger partial charge < -0.3 is 9.05 Å². The summed E-state index contributed by atoms with van der Waals surface area (Å²) in [6.07, 6.45) is 2.15. The molecule has 2 heterocycles. The number of halogens is 1. The fraction of sp³-hybridized carbons (Fsp3) is 0.294. The van der Waals surface area contributed by atoms with Gasteiger partial charge in [-0.05, 0) is 18.6 Å². The van der Waals surface area contributed by atoms with Gasteiger partial charge in [0.2, 0.25) is 17.7 Å². The monoisotopic (exact) mass is 344 g/mol. The molecule has 0 fully saturated rings. The molecule has 0 unspecified atom stereocenters. The Hall–Kier alpha value is -3.03. The van der Waals surface area contributed by atoms with Gasteiger partial charge in [-0.2, -0.15) is 4.98 Å². The first kappa shape index (κ1) is 16.8. The Bertz CT molecular complexity index is 859. The molecule has 3 aromatic rings. The number of carbonyl (C=O) groups is 1. The van der Waals surface area contributed by atoms with E-state index in [1.807, 2.05) is 6.92 Å². The molecule has 8 heteroatoms. The molecule has 7 nitrogen and oxygen atoms in total. The molecular formula is C17H17FN4O3. The van der Waals surface area contributed by atoms with Crippen LogP contribution in [0.4, 0.5) is 10.3 Å². The number of amides is 1. The fourth-order valence-corrected chi connectivity index (χ4v) is 2.27. The van der Waals surface area contributed by atoms with Crippen molar-refractivity contribution in [3.8, 4) is 11.3 Å². The third-order valence-electron chi connectivity index (χ3n) is 3.47. The Kier molecular flexibility index (Phi) is 5.17. The average molecular weight is 344 g/mol. The van der Waals surface area contributed by atoms with Crippen molar-refractivity contribution in [3.63, 3.8) is 0 Å². The van der Waals surface area contributed by atoms with E-state index in [0.29, 0.717) is 29.4 Å². The third kappa shape index (κ3) is 4.28. The molecule has 0 aliphatic heterocycles. The van der Waals surface area contributed by atoms with Gasteiger partial charge in [-0.1, -0.05) is 29.4 Å². The summed E-state index contributed by atoms with van der Waals surface area (Å²) >= 11 is 0. The summed E-state index contributed by atoms with van der Waals surface area (Å²) in [4.78, 5) is 16.2. The van der Waals surface area contributed by atoms with E-state index in [2.05, 4.69) is 20.6 Å². The van der Waals surface area contributed by atoms with Crippen molar-refractivity contribution in [2.75, 3.05) is 5.32 Å². The molecule has 0 spiro atoms. The third-order valence-corrected chi connectivity index (χ3v) is 3.47. The Morgan fingerprint density at radius 1 is 1.20 bits per heavy atom. The maximum Gasteiger partial charge on any atom is 0.231 e. The van der Waals surface area contributed by atoms with Gasteiger partial charge in [-0.3, -0.25) is 10.1 Å². The summed E-state index contributed by atoms with van der Waals surface area (Å²) in [6.45, 7) is 2.02. The van der Waals surface area contributed by atoms with Gasteiger partial charge in [0.05, 0.1) is 0 Å². The number of nitrogens with one attached hydrogen (secondary N) is 1. The Morgan fingerprint density at radius 3 is 2.84 bits per heavy atom. The van der Waals surface area contributed by atoms with Crippen molar-refractivity contribution in [2.24, 2.45) is 0 Å². The zero-order valence-corrected chi connectivity index (χ0v) is 13.7. The number of anilines is 1. The van der Waals surface area contributed by atoms with Crippen LogP contribution >= 0.6 is 0 Å². The number of hydrogen-bond donors (Lipinski definition) is 1. The molecular weight excluding hydrogens is 327 g/mol. The summed E-state index contributed by atoms with van der Waals surface area (Å²) in [5.41, 5.74) is 0.621. The highest BCUT2D eigenvalue weighted by atomic mass is 19.1. The Labute approximate surface area is 143 Å². The molecule has 130 valence electrons. The molecule has 25 heavy (non-hydrogen) atoms. The normalized spacial score (nSPS) is 10.8. The number of hydrogen-bond acceptors (Lipinski definition) is 6. The lowest BCUT2D eigenvalue weighted by Crippen LogP contribution is -2.11. The van der Waals surface area contributed by atoms with Crippen molar-refractivity contribution in [2.45, 2.75) is 32.6 Å². The summed E-state index contributed by atoms with van der Waals surface area (Å²) in [7, 11) is 0. The van der Waals surface area contributed by atoms with Crippen LogP contribution < -0.4 is 5.32 Å². The smallest absolute Gasteiger partial charge is 0.231 e. The minimum absolute atomic E-state index is 0.153. The quantitative estimate of drug-likeness (QED) is 0.706. The molecule has 0 atom stereocenters. The minimum Gasteiger partial charge on any atom is -0.339 e. The van der Waals surface area contributed by atoms with Crippen molar-refractivity contribution in [1.82, 2.24) is 15.3 Å². The zero-order valence-electron chi connectivity index (χ0n) is 13.7. The molecule has 0 saturated carbocycles. The molecule has 0 aliphatic rings. The second-order valence-electron chi connectivity index (χ2n) is 5.46. The molecule has 0 saturated heterocycles. The number of carbonyl (C=O) groups excluding carboxylic acids is 1. The second kappa shape index (κ2) is 7.69. The highest BCUT2D eigenvalue weighted by molar-refractivity contribution is 5.89. The van der Waals surface area contributed by atoms with Crippen molar-refractivity contribution in [1.29, 1.82) is 0 Å². The van der Waals surface area contributed by atoms with E-state index in [1.165, 1.54) is 12.1 Å².